The summed E-state index contributed by atoms with van der Waals surface area (Å²) in [6.45, 7) is 0. The van der Waals surface area contributed by atoms with Crippen molar-refractivity contribution >= 4 is 43.5 Å². The third-order valence-electron chi connectivity index (χ3n) is 11.6. The van der Waals surface area contributed by atoms with Gasteiger partial charge in [-0.15, -0.1) is 0 Å². The van der Waals surface area contributed by atoms with E-state index in [9.17, 15) is 4.79 Å². The fourth-order valence-corrected chi connectivity index (χ4v) is 9.06. The van der Waals surface area contributed by atoms with Gasteiger partial charge in [-0.3, -0.25) is 14.3 Å². The molecule has 1 unspecified atom stereocenters. The molecule has 0 N–H and O–H groups in total. The van der Waals surface area contributed by atoms with Crippen molar-refractivity contribution in [2.75, 3.05) is 0 Å². The first kappa shape index (κ1) is 31.5. The highest BCUT2D eigenvalue weighted by atomic mass is 16.1. The fourth-order valence-electron chi connectivity index (χ4n) is 9.06. The summed E-state index contributed by atoms with van der Waals surface area (Å²) >= 11 is 0. The van der Waals surface area contributed by atoms with Crippen molar-refractivity contribution in [3.8, 4) is 33.6 Å². The van der Waals surface area contributed by atoms with Gasteiger partial charge in [0.25, 0.3) is 5.56 Å². The molecule has 0 aliphatic heterocycles. The van der Waals surface area contributed by atoms with Crippen molar-refractivity contribution in [2.45, 2.75) is 18.8 Å². The molecule has 0 bridgehead atoms. The minimum Gasteiger partial charge on any atom is -0.309 e. The number of aryl methyl sites for hydroxylation is 1. The number of nitrogens with zero attached hydrogens (tertiary/aromatic N) is 3. The van der Waals surface area contributed by atoms with E-state index in [2.05, 4.69) is 138 Å². The van der Waals surface area contributed by atoms with Crippen molar-refractivity contribution in [3.63, 3.8) is 0 Å². The van der Waals surface area contributed by atoms with Crippen LogP contribution in [-0.2, 0) is 6.42 Å². The molecule has 0 saturated heterocycles. The maximum atomic E-state index is 14.2. The number of benzene rings is 7. The highest BCUT2D eigenvalue weighted by molar-refractivity contribution is 6.10. The van der Waals surface area contributed by atoms with Crippen LogP contribution in [0.4, 0.5) is 0 Å². The van der Waals surface area contributed by atoms with Crippen LogP contribution in [-0.4, -0.2) is 14.1 Å². The zero-order chi connectivity index (χ0) is 36.5. The molecule has 3 heterocycles. The summed E-state index contributed by atoms with van der Waals surface area (Å²) in [7, 11) is 0. The summed E-state index contributed by atoms with van der Waals surface area (Å²) in [5.41, 5.74) is 13.8. The molecule has 1 atom stereocenters. The van der Waals surface area contributed by atoms with E-state index in [4.69, 9.17) is 4.98 Å². The Bertz CT molecular complexity index is 3180. The van der Waals surface area contributed by atoms with Crippen LogP contribution in [0.25, 0.3) is 77.1 Å². The second-order valence-corrected chi connectivity index (χ2v) is 14.6. The predicted molar refractivity (Wildman–Crippen MR) is 227 cm³/mol. The Balaban J connectivity index is 1.07. The van der Waals surface area contributed by atoms with Gasteiger partial charge in [0, 0.05) is 45.3 Å². The molecule has 10 aromatic rings. The van der Waals surface area contributed by atoms with Crippen LogP contribution in [0.2, 0.25) is 0 Å². The van der Waals surface area contributed by atoms with Crippen LogP contribution in [0, 0.1) is 0 Å². The number of rotatable bonds is 4. The van der Waals surface area contributed by atoms with E-state index in [1.807, 2.05) is 53.2 Å². The van der Waals surface area contributed by atoms with E-state index in [0.29, 0.717) is 5.39 Å². The number of pyridine rings is 2. The molecule has 0 radical (unpaired) electrons. The standard InChI is InChI=1S/C51H35N3O/c55-51-46-32-52-47(31-44(46)41-19-9-12-22-49(41)54(51)37-16-5-2-6-17-37)40-27-23-33-13-7-8-18-38(33)43-29-34(24-26-39(40)43)35-25-28-50-45(30-35)42-20-10-11-21-48(42)53(50)36-14-3-1-4-15-36/h1-22,24-26,28-32,40H,23,27H2. The first-order valence-electron chi connectivity index (χ1n) is 19.0. The van der Waals surface area contributed by atoms with E-state index in [-0.39, 0.29) is 11.5 Å². The van der Waals surface area contributed by atoms with E-state index in [0.717, 1.165) is 46.2 Å². The summed E-state index contributed by atoms with van der Waals surface area (Å²) in [5.74, 6) is 0.0579. The number of para-hydroxylation sites is 4. The van der Waals surface area contributed by atoms with Crippen LogP contribution in [0.1, 0.15) is 29.2 Å². The first-order valence-corrected chi connectivity index (χ1v) is 19.0. The third-order valence-corrected chi connectivity index (χ3v) is 11.6. The van der Waals surface area contributed by atoms with Crippen molar-refractivity contribution in [1.82, 2.24) is 14.1 Å². The fraction of sp³-hybridized carbons (Fsp3) is 0.0588. The van der Waals surface area contributed by atoms with Crippen LogP contribution in [0.15, 0.2) is 187 Å². The quantitative estimate of drug-likeness (QED) is 0.171. The Morgan fingerprint density at radius 2 is 1.07 bits per heavy atom. The molecule has 0 spiro atoms. The normalized spacial score (nSPS) is 13.9. The van der Waals surface area contributed by atoms with Crippen LogP contribution in [0.3, 0.4) is 0 Å². The highest BCUT2D eigenvalue weighted by Gasteiger charge is 2.26. The molecular formula is C51H35N3O. The van der Waals surface area contributed by atoms with Gasteiger partial charge >= 0.3 is 0 Å². The maximum absolute atomic E-state index is 14.2. The summed E-state index contributed by atoms with van der Waals surface area (Å²) in [4.78, 5) is 19.2. The summed E-state index contributed by atoms with van der Waals surface area (Å²) < 4.78 is 4.18. The molecule has 4 heteroatoms. The Morgan fingerprint density at radius 1 is 0.473 bits per heavy atom. The van der Waals surface area contributed by atoms with E-state index < -0.39 is 0 Å². The van der Waals surface area contributed by atoms with Crippen molar-refractivity contribution < 1.29 is 0 Å². The van der Waals surface area contributed by atoms with Gasteiger partial charge in [-0.2, -0.15) is 0 Å². The van der Waals surface area contributed by atoms with Gasteiger partial charge in [-0.25, -0.2) is 0 Å². The summed E-state index contributed by atoms with van der Waals surface area (Å²) in [6, 6.07) is 62.3. The highest BCUT2D eigenvalue weighted by Crippen LogP contribution is 2.44. The van der Waals surface area contributed by atoms with Crippen LogP contribution in [0.5, 0.6) is 0 Å². The summed E-state index contributed by atoms with van der Waals surface area (Å²) in [5, 5.41) is 5.10. The number of hydrogen-bond acceptors (Lipinski definition) is 2. The molecule has 55 heavy (non-hydrogen) atoms. The molecular weight excluding hydrogens is 671 g/mol. The zero-order valence-corrected chi connectivity index (χ0v) is 30.1. The van der Waals surface area contributed by atoms with E-state index in [1.165, 1.54) is 55.2 Å². The van der Waals surface area contributed by atoms with Crippen LogP contribution >= 0.6 is 0 Å². The SMILES string of the molecule is O=c1c2cnc(C3CCc4ccccc4-c4cc(-c5ccc6c(c5)c5ccccc5n6-c5ccccc5)ccc43)cc2c2ccccc2n1-c1ccccc1. The lowest BCUT2D eigenvalue weighted by Gasteiger charge is -2.20. The van der Waals surface area contributed by atoms with Gasteiger partial charge in [-0.1, -0.05) is 115 Å². The topological polar surface area (TPSA) is 39.8 Å². The molecule has 7 aromatic carbocycles. The largest absolute Gasteiger partial charge is 0.309 e. The van der Waals surface area contributed by atoms with E-state index in [1.54, 1.807) is 0 Å². The molecule has 0 amide bonds. The average Bonchev–Trinajstić information content (AvgIpc) is 3.48. The second-order valence-electron chi connectivity index (χ2n) is 14.6. The molecule has 0 fully saturated rings. The Hall–Kier alpha value is -7.04. The lowest BCUT2D eigenvalue weighted by Crippen LogP contribution is -2.19. The minimum absolute atomic E-state index is 0.0545. The predicted octanol–water partition coefficient (Wildman–Crippen LogP) is 12.0. The average molecular weight is 706 g/mol. The lowest BCUT2D eigenvalue weighted by molar-refractivity contribution is 0.706. The second kappa shape index (κ2) is 12.5. The Kier molecular flexibility index (Phi) is 7.17. The van der Waals surface area contributed by atoms with Gasteiger partial charge in [0.05, 0.1) is 21.9 Å². The molecule has 4 nitrogen and oxygen atoms in total. The molecule has 3 aromatic heterocycles. The van der Waals surface area contributed by atoms with Crippen LogP contribution < -0.4 is 5.56 Å². The number of aromatic nitrogens is 3. The number of fused-ring (bicyclic) bond motifs is 9. The molecule has 1 aliphatic carbocycles. The van der Waals surface area contributed by atoms with Gasteiger partial charge in [0.2, 0.25) is 0 Å². The zero-order valence-electron chi connectivity index (χ0n) is 30.1. The molecule has 260 valence electrons. The van der Waals surface area contributed by atoms with Gasteiger partial charge in [0.1, 0.15) is 0 Å². The lowest BCUT2D eigenvalue weighted by atomic mass is 9.86. The Morgan fingerprint density at radius 3 is 1.85 bits per heavy atom. The first-order chi connectivity index (χ1) is 27.2. The van der Waals surface area contributed by atoms with Crippen molar-refractivity contribution in [1.29, 1.82) is 0 Å². The Labute approximate surface area is 318 Å². The van der Waals surface area contributed by atoms with Gasteiger partial charge in [-0.05, 0) is 112 Å². The maximum Gasteiger partial charge on any atom is 0.265 e. The summed E-state index contributed by atoms with van der Waals surface area (Å²) in [6.07, 6.45) is 3.67. The minimum atomic E-state index is -0.0545. The third kappa shape index (κ3) is 4.99. The molecule has 11 rings (SSSR count). The molecule has 0 saturated carbocycles. The van der Waals surface area contributed by atoms with Crippen molar-refractivity contribution in [3.05, 3.63) is 209 Å². The van der Waals surface area contributed by atoms with Crippen molar-refractivity contribution in [2.24, 2.45) is 0 Å². The van der Waals surface area contributed by atoms with Gasteiger partial charge in [0.15, 0.2) is 0 Å². The van der Waals surface area contributed by atoms with Gasteiger partial charge < -0.3 is 4.57 Å². The van der Waals surface area contributed by atoms with E-state index >= 15 is 0 Å². The monoisotopic (exact) mass is 705 g/mol. The molecule has 1 aliphatic rings. The number of hydrogen-bond donors (Lipinski definition) is 0. The smallest absolute Gasteiger partial charge is 0.265 e.